The fourth-order valence-corrected chi connectivity index (χ4v) is 5.49. The summed E-state index contributed by atoms with van der Waals surface area (Å²) >= 11 is 12.2. The Kier molecular flexibility index (Phi) is 8.08. The Morgan fingerprint density at radius 1 is 1.08 bits per heavy atom. The van der Waals surface area contributed by atoms with Gasteiger partial charge >= 0.3 is 18.1 Å². The van der Waals surface area contributed by atoms with Crippen LogP contribution in [0.25, 0.3) is 0 Å². The van der Waals surface area contributed by atoms with E-state index in [1.165, 1.54) is 12.1 Å². The van der Waals surface area contributed by atoms with Gasteiger partial charge in [0.1, 0.15) is 17.3 Å². The zero-order chi connectivity index (χ0) is 28.8. The number of hydrogen-bond donors (Lipinski definition) is 4. The second-order valence-electron chi connectivity index (χ2n) is 10.2. The number of fused-ring (bicyclic) bond motifs is 2. The van der Waals surface area contributed by atoms with Crippen molar-refractivity contribution in [1.29, 1.82) is 0 Å². The van der Waals surface area contributed by atoms with Gasteiger partial charge < -0.3 is 15.5 Å². The Bertz CT molecular complexity index is 1280. The van der Waals surface area contributed by atoms with Crippen LogP contribution >= 0.6 is 23.2 Å². The fraction of sp³-hybridized carbons (Fsp3) is 0.400. The van der Waals surface area contributed by atoms with E-state index in [1.807, 2.05) is 20.8 Å². The van der Waals surface area contributed by atoms with Crippen LogP contribution in [0.15, 0.2) is 36.4 Å². The number of carboxylic acids is 2. The fourth-order valence-electron chi connectivity index (χ4n) is 5.14. The number of halogens is 6. The second kappa shape index (κ2) is 10.3. The van der Waals surface area contributed by atoms with Crippen LogP contribution in [0, 0.1) is 11.2 Å². The highest BCUT2D eigenvalue weighted by Gasteiger charge is 2.66. The molecular formula is C25H24Cl2F4N2O5. The number of alkyl halides is 3. The predicted octanol–water partition coefficient (Wildman–Crippen LogP) is 5.60. The lowest BCUT2D eigenvalue weighted by molar-refractivity contribution is -0.192. The van der Waals surface area contributed by atoms with Crippen molar-refractivity contribution in [2.45, 2.75) is 56.8 Å². The average molecular weight is 579 g/mol. The normalized spacial score (nSPS) is 24.4. The molecule has 4 N–H and O–H groups in total. The first-order valence-corrected chi connectivity index (χ1v) is 12.0. The quantitative estimate of drug-likeness (QED) is 0.352. The molecule has 1 spiro atoms. The topological polar surface area (TPSA) is 116 Å². The Morgan fingerprint density at radius 2 is 1.68 bits per heavy atom. The standard InChI is InChI=1S/C23H23Cl2FN2O3.C2HF3O2/c1-22(2,3)10-16-23(13-8-7-11(24)9-15(13)27-21(23)31)17(19(28-16)20(29)30)12-5-4-6-14(25)18(12)26;3-2(4,5)1(6)7/h4-9,16-17,19,28H,10H2,1-3H3,(H,27,31)(H,29,30);(H,6,7). The molecule has 2 heterocycles. The van der Waals surface area contributed by atoms with Gasteiger partial charge in [0.05, 0.1) is 5.02 Å². The maximum absolute atomic E-state index is 15.3. The minimum atomic E-state index is -5.08. The van der Waals surface area contributed by atoms with Gasteiger partial charge in [-0.05, 0) is 41.2 Å². The largest absolute Gasteiger partial charge is 0.490 e. The molecule has 1 fully saturated rings. The number of rotatable bonds is 3. The smallest absolute Gasteiger partial charge is 0.480 e. The molecule has 0 bridgehead atoms. The van der Waals surface area contributed by atoms with Crippen LogP contribution in [-0.4, -0.2) is 46.3 Å². The lowest BCUT2D eigenvalue weighted by atomic mass is 9.62. The minimum absolute atomic E-state index is 0.0989. The van der Waals surface area contributed by atoms with Crippen molar-refractivity contribution in [2.75, 3.05) is 5.32 Å². The molecule has 4 unspecified atom stereocenters. The molecule has 38 heavy (non-hydrogen) atoms. The molecule has 0 aliphatic carbocycles. The third-order valence-corrected chi connectivity index (χ3v) is 6.97. The van der Waals surface area contributed by atoms with Crippen LogP contribution < -0.4 is 10.6 Å². The molecule has 0 aromatic heterocycles. The molecule has 0 radical (unpaired) electrons. The van der Waals surface area contributed by atoms with Gasteiger partial charge in [-0.1, -0.05) is 62.2 Å². The molecule has 2 aromatic carbocycles. The Labute approximate surface area is 225 Å². The van der Waals surface area contributed by atoms with Crippen molar-refractivity contribution in [2.24, 2.45) is 5.41 Å². The van der Waals surface area contributed by atoms with Crippen molar-refractivity contribution in [3.05, 3.63) is 63.4 Å². The lowest BCUT2D eigenvalue weighted by Crippen LogP contribution is -2.49. The summed E-state index contributed by atoms with van der Waals surface area (Å²) in [4.78, 5) is 34.9. The maximum Gasteiger partial charge on any atom is 0.490 e. The summed E-state index contributed by atoms with van der Waals surface area (Å²) in [6, 6.07) is 7.76. The van der Waals surface area contributed by atoms with Crippen LogP contribution in [0.1, 0.15) is 44.2 Å². The highest BCUT2D eigenvalue weighted by molar-refractivity contribution is 6.31. The average Bonchev–Trinajstić information content (AvgIpc) is 3.24. The summed E-state index contributed by atoms with van der Waals surface area (Å²) in [5, 5.41) is 23.5. The van der Waals surface area contributed by atoms with E-state index in [2.05, 4.69) is 10.6 Å². The third-order valence-electron chi connectivity index (χ3n) is 6.45. The summed E-state index contributed by atoms with van der Waals surface area (Å²) < 4.78 is 47.0. The van der Waals surface area contributed by atoms with Gasteiger partial charge in [-0.25, -0.2) is 9.18 Å². The van der Waals surface area contributed by atoms with Gasteiger partial charge in [-0.2, -0.15) is 13.2 Å². The molecular weight excluding hydrogens is 555 g/mol. The number of anilines is 1. The monoisotopic (exact) mass is 578 g/mol. The minimum Gasteiger partial charge on any atom is -0.480 e. The van der Waals surface area contributed by atoms with Crippen LogP contribution in [0.4, 0.5) is 23.2 Å². The van der Waals surface area contributed by atoms with Gasteiger partial charge in [0, 0.05) is 22.7 Å². The van der Waals surface area contributed by atoms with E-state index in [0.717, 1.165) is 0 Å². The number of carbonyl (C=O) groups is 3. The highest BCUT2D eigenvalue weighted by Crippen LogP contribution is 2.57. The maximum atomic E-state index is 15.3. The molecule has 206 valence electrons. The van der Waals surface area contributed by atoms with Crippen LogP contribution in [-0.2, 0) is 19.8 Å². The summed E-state index contributed by atoms with van der Waals surface area (Å²) in [6.45, 7) is 6.04. The van der Waals surface area contributed by atoms with Crippen molar-refractivity contribution in [3.8, 4) is 0 Å². The molecule has 13 heteroatoms. The summed E-state index contributed by atoms with van der Waals surface area (Å²) in [7, 11) is 0. The molecule has 7 nitrogen and oxygen atoms in total. The van der Waals surface area contributed by atoms with E-state index >= 15 is 4.39 Å². The number of amides is 1. The Hall–Kier alpha value is -2.89. The number of benzene rings is 2. The molecule has 4 rings (SSSR count). The zero-order valence-electron chi connectivity index (χ0n) is 20.3. The van der Waals surface area contributed by atoms with E-state index < -0.39 is 47.3 Å². The Balaban J connectivity index is 0.000000505. The van der Waals surface area contributed by atoms with Crippen LogP contribution in [0.3, 0.4) is 0 Å². The molecule has 2 aliphatic rings. The molecule has 0 saturated carbocycles. The SMILES string of the molecule is CC(C)(C)CC1NC(C(=O)O)C(c2cccc(Cl)c2F)C12C(=O)Nc1cc(Cl)ccc12.O=C(O)C(F)(F)F. The summed E-state index contributed by atoms with van der Waals surface area (Å²) in [5.41, 5.74) is -0.359. The van der Waals surface area contributed by atoms with E-state index in [-0.39, 0.29) is 21.9 Å². The number of aliphatic carboxylic acids is 2. The van der Waals surface area contributed by atoms with E-state index in [4.69, 9.17) is 33.1 Å². The molecule has 4 atom stereocenters. The van der Waals surface area contributed by atoms with Crippen molar-refractivity contribution in [1.82, 2.24) is 5.32 Å². The van der Waals surface area contributed by atoms with Gasteiger partial charge in [-0.15, -0.1) is 0 Å². The number of carboxylic acid groups (broad SMARTS) is 2. The molecule has 1 saturated heterocycles. The summed E-state index contributed by atoms with van der Waals surface area (Å²) in [6.07, 6.45) is -4.59. The van der Waals surface area contributed by atoms with Crippen molar-refractivity contribution in [3.63, 3.8) is 0 Å². The van der Waals surface area contributed by atoms with Gasteiger partial charge in [-0.3, -0.25) is 14.9 Å². The zero-order valence-corrected chi connectivity index (χ0v) is 21.8. The van der Waals surface area contributed by atoms with Gasteiger partial charge in [0.15, 0.2) is 0 Å². The second-order valence-corrected chi connectivity index (χ2v) is 11.1. The Morgan fingerprint density at radius 3 is 2.21 bits per heavy atom. The van der Waals surface area contributed by atoms with E-state index in [9.17, 15) is 27.9 Å². The van der Waals surface area contributed by atoms with Crippen LogP contribution in [0.2, 0.25) is 10.0 Å². The van der Waals surface area contributed by atoms with Crippen molar-refractivity contribution >= 4 is 46.7 Å². The first-order valence-electron chi connectivity index (χ1n) is 11.3. The van der Waals surface area contributed by atoms with E-state index in [0.29, 0.717) is 22.7 Å². The third kappa shape index (κ3) is 5.45. The number of nitrogens with one attached hydrogen (secondary N) is 2. The molecule has 2 aliphatic heterocycles. The van der Waals surface area contributed by atoms with E-state index in [1.54, 1.807) is 24.3 Å². The predicted molar refractivity (Wildman–Crippen MR) is 132 cm³/mol. The lowest BCUT2D eigenvalue weighted by Gasteiger charge is -2.37. The van der Waals surface area contributed by atoms with Crippen LogP contribution in [0.5, 0.6) is 0 Å². The summed E-state index contributed by atoms with van der Waals surface area (Å²) in [5.74, 6) is -6.02. The number of hydrogen-bond acceptors (Lipinski definition) is 4. The first-order chi connectivity index (χ1) is 17.4. The first kappa shape index (κ1) is 29.7. The number of carbonyl (C=O) groups excluding carboxylic acids is 1. The highest BCUT2D eigenvalue weighted by atomic mass is 35.5. The van der Waals surface area contributed by atoms with Gasteiger partial charge in [0.25, 0.3) is 0 Å². The molecule has 2 aromatic rings. The molecule has 1 amide bonds. The van der Waals surface area contributed by atoms with Gasteiger partial charge in [0.2, 0.25) is 5.91 Å². The van der Waals surface area contributed by atoms with Crippen molar-refractivity contribution < 1.29 is 42.2 Å².